The standard InChI is InChI=1S/C16H15NO4S/c1-11-7-13(22-9-11)15(18)17-10-16(19,12-4-6-20-8-12)14-3-2-5-21-14/h2-9,19H,10H2,1H3,(H,17,18). The van der Waals surface area contributed by atoms with Crippen LogP contribution in [0.3, 0.4) is 0 Å². The Morgan fingerprint density at radius 3 is 2.86 bits per heavy atom. The molecule has 0 aliphatic heterocycles. The first-order chi connectivity index (χ1) is 10.6. The summed E-state index contributed by atoms with van der Waals surface area (Å²) in [4.78, 5) is 12.8. The fourth-order valence-electron chi connectivity index (χ4n) is 2.19. The number of nitrogens with one attached hydrogen (secondary N) is 1. The summed E-state index contributed by atoms with van der Waals surface area (Å²) in [6, 6.07) is 6.80. The number of carbonyl (C=O) groups is 1. The van der Waals surface area contributed by atoms with E-state index in [2.05, 4.69) is 5.32 Å². The van der Waals surface area contributed by atoms with Gasteiger partial charge in [0.2, 0.25) is 0 Å². The van der Waals surface area contributed by atoms with E-state index >= 15 is 0 Å². The largest absolute Gasteiger partial charge is 0.472 e. The Bertz CT molecular complexity index is 709. The number of aryl methyl sites for hydroxylation is 1. The minimum absolute atomic E-state index is 0.0180. The second kappa shape index (κ2) is 5.82. The van der Waals surface area contributed by atoms with E-state index in [1.165, 1.54) is 30.1 Å². The molecular weight excluding hydrogens is 302 g/mol. The maximum absolute atomic E-state index is 12.2. The highest BCUT2D eigenvalue weighted by Crippen LogP contribution is 2.30. The van der Waals surface area contributed by atoms with Crippen molar-refractivity contribution in [3.8, 4) is 0 Å². The predicted octanol–water partition coefficient (Wildman–Crippen LogP) is 2.91. The Balaban J connectivity index is 1.81. The molecule has 3 aromatic rings. The van der Waals surface area contributed by atoms with Crippen LogP contribution in [-0.4, -0.2) is 17.6 Å². The molecule has 0 aliphatic carbocycles. The Hall–Kier alpha value is -2.31. The maximum Gasteiger partial charge on any atom is 0.261 e. The van der Waals surface area contributed by atoms with Crippen molar-refractivity contribution in [1.29, 1.82) is 0 Å². The molecule has 2 N–H and O–H groups in total. The number of amides is 1. The molecule has 5 nitrogen and oxygen atoms in total. The summed E-state index contributed by atoms with van der Waals surface area (Å²) in [5.74, 6) is 0.114. The highest BCUT2D eigenvalue weighted by atomic mass is 32.1. The molecule has 0 aromatic carbocycles. The van der Waals surface area contributed by atoms with Crippen molar-refractivity contribution in [3.05, 3.63) is 70.2 Å². The van der Waals surface area contributed by atoms with Gasteiger partial charge in [0.25, 0.3) is 5.91 Å². The third-order valence-corrected chi connectivity index (χ3v) is 4.43. The zero-order valence-electron chi connectivity index (χ0n) is 11.9. The van der Waals surface area contributed by atoms with Crippen LogP contribution in [0.1, 0.15) is 26.6 Å². The van der Waals surface area contributed by atoms with Crippen molar-refractivity contribution in [2.24, 2.45) is 0 Å². The molecule has 0 saturated carbocycles. The molecule has 0 radical (unpaired) electrons. The van der Waals surface area contributed by atoms with Gasteiger partial charge < -0.3 is 19.3 Å². The van der Waals surface area contributed by atoms with Gasteiger partial charge in [-0.1, -0.05) is 0 Å². The predicted molar refractivity (Wildman–Crippen MR) is 81.8 cm³/mol. The van der Waals surface area contributed by atoms with Gasteiger partial charge in [0.15, 0.2) is 5.60 Å². The smallest absolute Gasteiger partial charge is 0.261 e. The molecule has 1 unspecified atom stereocenters. The van der Waals surface area contributed by atoms with Gasteiger partial charge in [-0.05, 0) is 42.1 Å². The van der Waals surface area contributed by atoms with Crippen LogP contribution >= 0.6 is 11.3 Å². The van der Waals surface area contributed by atoms with Crippen LogP contribution in [0.15, 0.2) is 57.3 Å². The summed E-state index contributed by atoms with van der Waals surface area (Å²) in [5, 5.41) is 15.6. The molecule has 3 heterocycles. The Morgan fingerprint density at radius 2 is 2.27 bits per heavy atom. The van der Waals surface area contributed by atoms with Crippen molar-refractivity contribution < 1.29 is 18.7 Å². The third kappa shape index (κ3) is 2.70. The molecule has 3 aromatic heterocycles. The number of hydrogen-bond acceptors (Lipinski definition) is 5. The van der Waals surface area contributed by atoms with Crippen molar-refractivity contribution in [2.45, 2.75) is 12.5 Å². The number of furan rings is 2. The van der Waals surface area contributed by atoms with Crippen LogP contribution in [0.2, 0.25) is 0 Å². The number of rotatable bonds is 5. The maximum atomic E-state index is 12.2. The minimum atomic E-state index is -1.47. The average Bonchev–Trinajstić information content (AvgIpc) is 3.24. The van der Waals surface area contributed by atoms with E-state index in [4.69, 9.17) is 8.83 Å². The molecule has 6 heteroatoms. The number of hydrogen-bond donors (Lipinski definition) is 2. The van der Waals surface area contributed by atoms with Gasteiger partial charge in [-0.15, -0.1) is 11.3 Å². The first-order valence-corrected chi connectivity index (χ1v) is 7.60. The van der Waals surface area contributed by atoms with Gasteiger partial charge in [0.05, 0.1) is 30.2 Å². The normalized spacial score (nSPS) is 13.7. The topological polar surface area (TPSA) is 75.6 Å². The van der Waals surface area contributed by atoms with Crippen LogP contribution in [0.5, 0.6) is 0 Å². The quantitative estimate of drug-likeness (QED) is 0.758. The summed E-state index contributed by atoms with van der Waals surface area (Å²) in [7, 11) is 0. The van der Waals surface area contributed by atoms with Crippen molar-refractivity contribution in [3.63, 3.8) is 0 Å². The highest BCUT2D eigenvalue weighted by Gasteiger charge is 2.36. The monoisotopic (exact) mass is 317 g/mol. The highest BCUT2D eigenvalue weighted by molar-refractivity contribution is 7.12. The fraction of sp³-hybridized carbons (Fsp3) is 0.188. The summed E-state index contributed by atoms with van der Waals surface area (Å²) in [6.07, 6.45) is 4.38. The summed E-state index contributed by atoms with van der Waals surface area (Å²) in [6.45, 7) is 1.91. The summed E-state index contributed by atoms with van der Waals surface area (Å²) in [5.41, 5.74) is 0.0785. The molecule has 0 bridgehead atoms. The molecule has 0 saturated heterocycles. The lowest BCUT2D eigenvalue weighted by molar-refractivity contribution is 0.0521. The van der Waals surface area contributed by atoms with E-state index in [1.54, 1.807) is 18.2 Å². The minimum Gasteiger partial charge on any atom is -0.472 e. The van der Waals surface area contributed by atoms with Gasteiger partial charge in [0.1, 0.15) is 5.76 Å². The van der Waals surface area contributed by atoms with E-state index in [0.29, 0.717) is 16.2 Å². The molecule has 0 spiro atoms. The first-order valence-electron chi connectivity index (χ1n) is 6.72. The molecule has 0 fully saturated rings. The molecule has 3 rings (SSSR count). The fourth-order valence-corrected chi connectivity index (χ4v) is 3.00. The zero-order valence-corrected chi connectivity index (χ0v) is 12.7. The van der Waals surface area contributed by atoms with Crippen LogP contribution in [0.25, 0.3) is 0 Å². The zero-order chi connectivity index (χ0) is 15.6. The average molecular weight is 317 g/mol. The molecule has 1 amide bonds. The van der Waals surface area contributed by atoms with Gasteiger partial charge in [-0.3, -0.25) is 4.79 Å². The molecule has 0 aliphatic rings. The van der Waals surface area contributed by atoms with Crippen molar-refractivity contribution in [2.75, 3.05) is 6.54 Å². The lowest BCUT2D eigenvalue weighted by atomic mass is 9.93. The molecular formula is C16H15NO4S. The lowest BCUT2D eigenvalue weighted by Crippen LogP contribution is -2.41. The Labute approximate surface area is 131 Å². The van der Waals surface area contributed by atoms with Crippen LogP contribution in [0, 0.1) is 6.92 Å². The van der Waals surface area contributed by atoms with Crippen molar-refractivity contribution in [1.82, 2.24) is 5.32 Å². The summed E-state index contributed by atoms with van der Waals surface area (Å²) >= 11 is 1.37. The Kier molecular flexibility index (Phi) is 3.87. The number of thiophene rings is 1. The Morgan fingerprint density at radius 1 is 1.41 bits per heavy atom. The molecule has 114 valence electrons. The van der Waals surface area contributed by atoms with Gasteiger partial charge in [0, 0.05) is 5.56 Å². The van der Waals surface area contributed by atoms with Gasteiger partial charge >= 0.3 is 0 Å². The second-order valence-electron chi connectivity index (χ2n) is 5.02. The van der Waals surface area contributed by atoms with Crippen LogP contribution in [-0.2, 0) is 5.60 Å². The van der Waals surface area contributed by atoms with Crippen molar-refractivity contribution >= 4 is 17.2 Å². The van der Waals surface area contributed by atoms with Crippen LogP contribution < -0.4 is 5.32 Å². The SMILES string of the molecule is Cc1csc(C(=O)NCC(O)(c2ccoc2)c2ccco2)c1. The first kappa shape index (κ1) is 14.6. The van der Waals surface area contributed by atoms with Gasteiger partial charge in [-0.25, -0.2) is 0 Å². The van der Waals surface area contributed by atoms with E-state index in [9.17, 15) is 9.90 Å². The van der Waals surface area contributed by atoms with E-state index < -0.39 is 5.60 Å². The lowest BCUT2D eigenvalue weighted by Gasteiger charge is -2.25. The molecule has 22 heavy (non-hydrogen) atoms. The van der Waals surface area contributed by atoms with E-state index in [-0.39, 0.29) is 12.5 Å². The third-order valence-electron chi connectivity index (χ3n) is 3.39. The van der Waals surface area contributed by atoms with Gasteiger partial charge in [-0.2, -0.15) is 0 Å². The van der Waals surface area contributed by atoms with E-state index in [1.807, 2.05) is 18.4 Å². The van der Waals surface area contributed by atoms with Crippen LogP contribution in [0.4, 0.5) is 0 Å². The van der Waals surface area contributed by atoms with E-state index in [0.717, 1.165) is 5.56 Å². The summed E-state index contributed by atoms with van der Waals surface area (Å²) < 4.78 is 10.4. The number of carbonyl (C=O) groups excluding carboxylic acids is 1. The molecule has 1 atom stereocenters. The second-order valence-corrected chi connectivity index (χ2v) is 5.93. The number of aliphatic hydroxyl groups is 1.